The van der Waals surface area contributed by atoms with Gasteiger partial charge in [-0.05, 0) is 6.07 Å². The van der Waals surface area contributed by atoms with Crippen molar-refractivity contribution in [2.45, 2.75) is 0 Å². The van der Waals surface area contributed by atoms with Gasteiger partial charge >= 0.3 is 5.97 Å². The zero-order chi connectivity index (χ0) is 14.0. The van der Waals surface area contributed by atoms with Crippen LogP contribution in [0.3, 0.4) is 0 Å². The summed E-state index contributed by atoms with van der Waals surface area (Å²) in [5, 5.41) is 9.11. The van der Waals surface area contributed by atoms with E-state index in [2.05, 4.69) is 25.9 Å². The van der Waals surface area contributed by atoms with E-state index in [1.807, 2.05) is 24.3 Å². The van der Waals surface area contributed by atoms with E-state index in [-0.39, 0.29) is 5.69 Å². The van der Waals surface area contributed by atoms with Crippen molar-refractivity contribution < 1.29 is 9.90 Å². The van der Waals surface area contributed by atoms with E-state index in [1.54, 1.807) is 19.0 Å². The van der Waals surface area contributed by atoms with Crippen molar-refractivity contribution in [2.24, 2.45) is 0 Å². The van der Waals surface area contributed by atoms with E-state index in [4.69, 9.17) is 5.11 Å². The molecule has 0 spiro atoms. The van der Waals surface area contributed by atoms with E-state index in [9.17, 15) is 4.79 Å². The van der Waals surface area contributed by atoms with Crippen LogP contribution in [0.2, 0.25) is 0 Å². The Morgan fingerprint density at radius 3 is 2.53 bits per heavy atom. The molecule has 98 valence electrons. The van der Waals surface area contributed by atoms with Gasteiger partial charge < -0.3 is 10.0 Å². The third kappa shape index (κ3) is 2.90. The second-order valence-electron chi connectivity index (χ2n) is 4.11. The standard InChI is InChI=1S/C13H12BrN3O2/c1-17(2)11-7-10(13(18)19)15-12(16-11)8-5-3-4-6-9(8)14/h3-7H,1-2H3,(H,18,19). The van der Waals surface area contributed by atoms with Crippen molar-refractivity contribution >= 4 is 27.7 Å². The van der Waals surface area contributed by atoms with Crippen molar-refractivity contribution in [2.75, 3.05) is 19.0 Å². The number of carbonyl (C=O) groups is 1. The van der Waals surface area contributed by atoms with E-state index in [0.717, 1.165) is 10.0 Å². The van der Waals surface area contributed by atoms with Crippen LogP contribution >= 0.6 is 15.9 Å². The molecule has 6 heteroatoms. The van der Waals surface area contributed by atoms with Crippen LogP contribution in [0.15, 0.2) is 34.8 Å². The fourth-order valence-corrected chi connectivity index (χ4v) is 2.00. The Hall–Kier alpha value is -1.95. The Balaban J connectivity index is 2.63. The van der Waals surface area contributed by atoms with Gasteiger partial charge in [-0.25, -0.2) is 14.8 Å². The molecule has 5 nitrogen and oxygen atoms in total. The maximum atomic E-state index is 11.1. The zero-order valence-electron chi connectivity index (χ0n) is 10.5. The predicted molar refractivity (Wildman–Crippen MR) is 76.5 cm³/mol. The maximum absolute atomic E-state index is 11.1. The summed E-state index contributed by atoms with van der Waals surface area (Å²) in [6.07, 6.45) is 0. The van der Waals surface area contributed by atoms with Gasteiger partial charge in [-0.1, -0.05) is 34.1 Å². The molecule has 2 aromatic rings. The molecular formula is C13H12BrN3O2. The first-order valence-corrected chi connectivity index (χ1v) is 6.33. The predicted octanol–water partition coefficient (Wildman–Crippen LogP) is 2.67. The smallest absolute Gasteiger partial charge is 0.354 e. The second kappa shape index (κ2) is 5.36. The van der Waals surface area contributed by atoms with Crippen molar-refractivity contribution in [3.8, 4) is 11.4 Å². The van der Waals surface area contributed by atoms with Gasteiger partial charge in [-0.3, -0.25) is 0 Å². The van der Waals surface area contributed by atoms with Gasteiger partial charge in [0.2, 0.25) is 0 Å². The molecule has 0 amide bonds. The van der Waals surface area contributed by atoms with Gasteiger partial charge in [0, 0.05) is 30.2 Å². The molecule has 0 radical (unpaired) electrons. The van der Waals surface area contributed by atoms with Crippen LogP contribution in [0, 0.1) is 0 Å². The van der Waals surface area contributed by atoms with Gasteiger partial charge in [-0.2, -0.15) is 0 Å². The first-order chi connectivity index (χ1) is 8.99. The molecule has 1 heterocycles. The first-order valence-electron chi connectivity index (χ1n) is 5.53. The maximum Gasteiger partial charge on any atom is 0.354 e. The van der Waals surface area contributed by atoms with Gasteiger partial charge in [-0.15, -0.1) is 0 Å². The van der Waals surface area contributed by atoms with E-state index in [0.29, 0.717) is 11.6 Å². The van der Waals surface area contributed by atoms with E-state index < -0.39 is 5.97 Å². The Labute approximate surface area is 119 Å². The molecule has 0 atom stereocenters. The van der Waals surface area contributed by atoms with E-state index in [1.165, 1.54) is 6.07 Å². The highest BCUT2D eigenvalue weighted by atomic mass is 79.9. The number of hydrogen-bond acceptors (Lipinski definition) is 4. The summed E-state index contributed by atoms with van der Waals surface area (Å²) in [5.41, 5.74) is 0.734. The van der Waals surface area contributed by atoms with Crippen LogP contribution in [0.5, 0.6) is 0 Å². The van der Waals surface area contributed by atoms with Crippen LogP contribution in [-0.2, 0) is 0 Å². The van der Waals surface area contributed by atoms with Crippen LogP contribution in [-0.4, -0.2) is 35.1 Å². The molecule has 19 heavy (non-hydrogen) atoms. The number of hydrogen-bond donors (Lipinski definition) is 1. The van der Waals surface area contributed by atoms with Crippen molar-refractivity contribution in [3.63, 3.8) is 0 Å². The largest absolute Gasteiger partial charge is 0.477 e. The number of anilines is 1. The van der Waals surface area contributed by atoms with Gasteiger partial charge in [0.15, 0.2) is 11.5 Å². The SMILES string of the molecule is CN(C)c1cc(C(=O)O)nc(-c2ccccc2Br)n1. The highest BCUT2D eigenvalue weighted by Gasteiger charge is 2.14. The monoisotopic (exact) mass is 321 g/mol. The summed E-state index contributed by atoms with van der Waals surface area (Å²) in [5.74, 6) is -0.131. The number of carboxylic acids is 1. The van der Waals surface area contributed by atoms with Crippen molar-refractivity contribution in [1.82, 2.24) is 9.97 Å². The molecule has 0 unspecified atom stereocenters. The molecule has 2 rings (SSSR count). The number of benzene rings is 1. The third-order valence-electron chi connectivity index (χ3n) is 2.50. The number of carboxylic acid groups (broad SMARTS) is 1. The molecule has 0 saturated heterocycles. The molecule has 0 aliphatic rings. The number of rotatable bonds is 3. The van der Waals surface area contributed by atoms with Crippen molar-refractivity contribution in [3.05, 3.63) is 40.5 Å². The lowest BCUT2D eigenvalue weighted by Crippen LogP contribution is -2.14. The lowest BCUT2D eigenvalue weighted by molar-refractivity contribution is 0.0690. The van der Waals surface area contributed by atoms with Gasteiger partial charge in [0.1, 0.15) is 5.82 Å². The number of aromatic carboxylic acids is 1. The molecule has 0 bridgehead atoms. The molecule has 1 aromatic heterocycles. The van der Waals surface area contributed by atoms with Crippen LogP contribution in [0.4, 0.5) is 5.82 Å². The Morgan fingerprint density at radius 2 is 1.95 bits per heavy atom. The zero-order valence-corrected chi connectivity index (χ0v) is 12.0. The Morgan fingerprint density at radius 1 is 1.26 bits per heavy atom. The van der Waals surface area contributed by atoms with Crippen molar-refractivity contribution in [1.29, 1.82) is 0 Å². The summed E-state index contributed by atoms with van der Waals surface area (Å²) >= 11 is 3.42. The summed E-state index contributed by atoms with van der Waals surface area (Å²) in [6, 6.07) is 8.88. The average molecular weight is 322 g/mol. The minimum Gasteiger partial charge on any atom is -0.477 e. The summed E-state index contributed by atoms with van der Waals surface area (Å²) in [7, 11) is 3.61. The summed E-state index contributed by atoms with van der Waals surface area (Å²) < 4.78 is 0.822. The number of halogens is 1. The summed E-state index contributed by atoms with van der Waals surface area (Å²) in [4.78, 5) is 21.3. The fraction of sp³-hybridized carbons (Fsp3) is 0.154. The normalized spacial score (nSPS) is 10.3. The average Bonchev–Trinajstić information content (AvgIpc) is 2.38. The molecular weight excluding hydrogens is 310 g/mol. The van der Waals surface area contributed by atoms with Crippen LogP contribution in [0.25, 0.3) is 11.4 Å². The first kappa shape index (κ1) is 13.5. The Bertz CT molecular complexity index is 629. The molecule has 1 N–H and O–H groups in total. The second-order valence-corrected chi connectivity index (χ2v) is 4.97. The molecule has 0 aliphatic carbocycles. The molecule has 0 fully saturated rings. The quantitative estimate of drug-likeness (QED) is 0.941. The topological polar surface area (TPSA) is 66.3 Å². The highest BCUT2D eigenvalue weighted by molar-refractivity contribution is 9.10. The van der Waals surface area contributed by atoms with E-state index >= 15 is 0 Å². The fourth-order valence-electron chi connectivity index (χ4n) is 1.54. The minimum atomic E-state index is -1.07. The van der Waals surface area contributed by atoms with Crippen LogP contribution < -0.4 is 4.90 Å². The molecule has 0 aliphatic heterocycles. The minimum absolute atomic E-state index is 0.0237. The third-order valence-corrected chi connectivity index (χ3v) is 3.20. The lowest BCUT2D eigenvalue weighted by atomic mass is 10.2. The van der Waals surface area contributed by atoms with Crippen LogP contribution in [0.1, 0.15) is 10.5 Å². The Kier molecular flexibility index (Phi) is 3.80. The molecule has 1 aromatic carbocycles. The molecule has 0 saturated carbocycles. The summed E-state index contributed by atoms with van der Waals surface area (Å²) in [6.45, 7) is 0. The lowest BCUT2D eigenvalue weighted by Gasteiger charge is -2.13. The van der Waals surface area contributed by atoms with Gasteiger partial charge in [0.05, 0.1) is 0 Å². The highest BCUT2D eigenvalue weighted by Crippen LogP contribution is 2.26. The number of nitrogens with zero attached hydrogens (tertiary/aromatic N) is 3. The number of aromatic nitrogens is 2. The van der Waals surface area contributed by atoms with Gasteiger partial charge in [0.25, 0.3) is 0 Å².